The van der Waals surface area contributed by atoms with Crippen molar-refractivity contribution < 1.29 is 23.8 Å². The van der Waals surface area contributed by atoms with Crippen molar-refractivity contribution in [2.45, 2.75) is 37.6 Å². The predicted octanol–water partition coefficient (Wildman–Crippen LogP) is 6.58. The third kappa shape index (κ3) is 8.42. The number of ether oxygens (including phenoxy) is 2. The maximum Gasteiger partial charge on any atom is 0.266 e. The van der Waals surface area contributed by atoms with Crippen molar-refractivity contribution in [2.24, 2.45) is 10.1 Å². The van der Waals surface area contributed by atoms with E-state index in [4.69, 9.17) is 25.1 Å². The maximum atomic E-state index is 14.4. The first-order chi connectivity index (χ1) is 23.0. The molecule has 0 saturated carbocycles. The van der Waals surface area contributed by atoms with E-state index in [0.717, 1.165) is 5.56 Å². The van der Waals surface area contributed by atoms with E-state index in [1.54, 1.807) is 36.4 Å². The molecule has 4 aromatic carbocycles. The summed E-state index contributed by atoms with van der Waals surface area (Å²) < 4.78 is 26.1. The summed E-state index contributed by atoms with van der Waals surface area (Å²) in [5.74, 6) is 0.0320. The number of carbonyl (C=O) groups is 1. The molecule has 1 amide bonds. The van der Waals surface area contributed by atoms with Crippen molar-refractivity contribution >= 4 is 17.9 Å². The average molecular weight is 635 g/mol. The van der Waals surface area contributed by atoms with Gasteiger partial charge >= 0.3 is 0 Å². The lowest BCUT2D eigenvalue weighted by atomic mass is 9.82. The topological polar surface area (TPSA) is 141 Å². The molecule has 10 nitrogen and oxygen atoms in total. The van der Waals surface area contributed by atoms with Crippen molar-refractivity contribution in [3.63, 3.8) is 0 Å². The Balaban J connectivity index is 1.54. The number of aliphatic imine (C=N–C) groups is 1. The number of aliphatic hydroxyl groups excluding tert-OH is 1. The van der Waals surface area contributed by atoms with Crippen LogP contribution in [-0.4, -0.2) is 35.7 Å². The minimum Gasteiger partial charge on any atom is -0.494 e. The van der Waals surface area contributed by atoms with Gasteiger partial charge in [-0.25, -0.2) is 14.8 Å². The zero-order valence-corrected chi connectivity index (χ0v) is 25.6. The number of nitrogens with zero attached hydrogens (tertiary/aromatic N) is 4. The maximum absolute atomic E-state index is 14.4. The number of aliphatic hydroxyl groups is 1. The SMILES string of the molecule is [N-]=[N+]=NCc1ccccc1[C@@H]1OC(c2ccc(OCCCO)cc2)=N[C@]1(C/C=C/c1ccccc1)C(=O)NNCc1cccc(F)c1. The summed E-state index contributed by atoms with van der Waals surface area (Å²) in [6.45, 7) is 0.631. The fourth-order valence-electron chi connectivity index (χ4n) is 5.25. The van der Waals surface area contributed by atoms with Crippen molar-refractivity contribution in [3.05, 3.63) is 153 Å². The zero-order chi connectivity index (χ0) is 32.9. The van der Waals surface area contributed by atoms with Crippen LogP contribution in [0, 0.1) is 5.82 Å². The average Bonchev–Trinajstić information content (AvgIpc) is 3.49. The van der Waals surface area contributed by atoms with Crippen LogP contribution in [-0.2, 0) is 22.6 Å². The van der Waals surface area contributed by atoms with Crippen LogP contribution in [0.5, 0.6) is 5.75 Å². The standard InChI is InChI=1S/C36H35FN6O4/c37-30-14-6-11-27(23-30)24-39-42-35(45)36(20-7-12-26-9-2-1-3-10-26)33(32-15-5-4-13-29(32)25-40-43-38)47-34(41-36)28-16-18-31(19-17-28)46-22-8-21-44/h1-7,9-19,23,33,39,44H,8,20-22,24-25H2,(H,42,45)/b12-7+/t33-,36-/m0/s1. The molecule has 47 heavy (non-hydrogen) atoms. The van der Waals surface area contributed by atoms with Gasteiger partial charge in [0.15, 0.2) is 11.6 Å². The number of hydrogen-bond acceptors (Lipinski definition) is 7. The van der Waals surface area contributed by atoms with Gasteiger partial charge in [-0.1, -0.05) is 84.0 Å². The Bertz CT molecular complexity index is 1760. The number of benzene rings is 4. The molecular weight excluding hydrogens is 599 g/mol. The number of azide groups is 1. The van der Waals surface area contributed by atoms with Crippen LogP contribution in [0.4, 0.5) is 4.39 Å². The molecule has 3 N–H and O–H groups in total. The Morgan fingerprint density at radius 1 is 1.06 bits per heavy atom. The second-order valence-corrected chi connectivity index (χ2v) is 10.8. The Morgan fingerprint density at radius 2 is 1.85 bits per heavy atom. The molecule has 0 fully saturated rings. The van der Waals surface area contributed by atoms with E-state index < -0.39 is 17.6 Å². The van der Waals surface area contributed by atoms with Gasteiger partial charge < -0.3 is 14.6 Å². The molecular formula is C36H35FN6O4. The zero-order valence-electron chi connectivity index (χ0n) is 25.6. The van der Waals surface area contributed by atoms with Gasteiger partial charge in [-0.15, -0.1) is 0 Å². The third-order valence-electron chi connectivity index (χ3n) is 7.59. The van der Waals surface area contributed by atoms with E-state index in [-0.39, 0.29) is 37.8 Å². The Morgan fingerprint density at radius 3 is 2.62 bits per heavy atom. The van der Waals surface area contributed by atoms with Gasteiger partial charge in [0.2, 0.25) is 5.90 Å². The molecule has 11 heteroatoms. The molecule has 1 aliphatic heterocycles. The van der Waals surface area contributed by atoms with Crippen LogP contribution in [0.3, 0.4) is 0 Å². The first kappa shape index (κ1) is 32.9. The molecule has 0 aromatic heterocycles. The highest BCUT2D eigenvalue weighted by Crippen LogP contribution is 2.44. The number of halogens is 1. The largest absolute Gasteiger partial charge is 0.494 e. The highest BCUT2D eigenvalue weighted by atomic mass is 19.1. The predicted molar refractivity (Wildman–Crippen MR) is 178 cm³/mol. The van der Waals surface area contributed by atoms with Crippen LogP contribution in [0.1, 0.15) is 46.8 Å². The van der Waals surface area contributed by atoms with Crippen LogP contribution in [0.25, 0.3) is 16.5 Å². The van der Waals surface area contributed by atoms with Gasteiger partial charge in [0.1, 0.15) is 11.6 Å². The second-order valence-electron chi connectivity index (χ2n) is 10.8. The molecule has 0 radical (unpaired) electrons. The number of nitrogens with one attached hydrogen (secondary N) is 2. The monoisotopic (exact) mass is 634 g/mol. The summed E-state index contributed by atoms with van der Waals surface area (Å²) in [4.78, 5) is 22.3. The minimum atomic E-state index is -1.50. The van der Waals surface area contributed by atoms with Crippen molar-refractivity contribution in [1.29, 1.82) is 0 Å². The van der Waals surface area contributed by atoms with E-state index in [1.807, 2.05) is 66.7 Å². The number of hydrazine groups is 1. The van der Waals surface area contributed by atoms with Gasteiger partial charge in [0, 0.05) is 36.5 Å². The van der Waals surface area contributed by atoms with Crippen LogP contribution >= 0.6 is 0 Å². The molecule has 1 aliphatic rings. The number of amides is 1. The summed E-state index contributed by atoms with van der Waals surface area (Å²) in [5, 5.41) is 12.8. The van der Waals surface area contributed by atoms with Gasteiger partial charge in [-0.3, -0.25) is 10.2 Å². The fourth-order valence-corrected chi connectivity index (χ4v) is 5.25. The lowest BCUT2D eigenvalue weighted by Gasteiger charge is -2.31. The first-order valence-corrected chi connectivity index (χ1v) is 15.2. The van der Waals surface area contributed by atoms with Crippen molar-refractivity contribution in [3.8, 4) is 5.75 Å². The normalized spacial score (nSPS) is 17.1. The smallest absolute Gasteiger partial charge is 0.266 e. The molecule has 0 spiro atoms. The highest BCUT2D eigenvalue weighted by molar-refractivity contribution is 6.01. The number of hydrogen-bond donors (Lipinski definition) is 3. The van der Waals surface area contributed by atoms with E-state index >= 15 is 0 Å². The van der Waals surface area contributed by atoms with E-state index in [9.17, 15) is 9.18 Å². The molecule has 0 aliphatic carbocycles. The van der Waals surface area contributed by atoms with E-state index in [0.29, 0.717) is 41.0 Å². The molecule has 240 valence electrons. The summed E-state index contributed by atoms with van der Waals surface area (Å²) in [5.41, 5.74) is 16.9. The number of carbonyl (C=O) groups excluding carboxylic acids is 1. The quantitative estimate of drug-likeness (QED) is 0.0446. The lowest BCUT2D eigenvalue weighted by Crippen LogP contribution is -2.52. The Labute approximate surface area is 272 Å². The van der Waals surface area contributed by atoms with Crippen LogP contribution in [0.2, 0.25) is 0 Å². The van der Waals surface area contributed by atoms with Gasteiger partial charge in [0.25, 0.3) is 5.91 Å². The van der Waals surface area contributed by atoms with E-state index in [2.05, 4.69) is 20.9 Å². The summed E-state index contributed by atoms with van der Waals surface area (Å²) in [6.07, 6.45) is 3.57. The first-order valence-electron chi connectivity index (χ1n) is 15.2. The highest BCUT2D eigenvalue weighted by Gasteiger charge is 2.53. The molecule has 4 aromatic rings. The molecule has 1 heterocycles. The summed E-state index contributed by atoms with van der Waals surface area (Å²) >= 11 is 0. The van der Waals surface area contributed by atoms with Crippen LogP contribution < -0.4 is 15.6 Å². The minimum absolute atomic E-state index is 0.0330. The second kappa shape index (κ2) is 16.2. The summed E-state index contributed by atoms with van der Waals surface area (Å²) in [7, 11) is 0. The lowest BCUT2D eigenvalue weighted by molar-refractivity contribution is -0.129. The number of rotatable bonds is 15. The summed E-state index contributed by atoms with van der Waals surface area (Å²) in [6, 6.07) is 30.3. The Hall–Kier alpha value is -5.48. The van der Waals surface area contributed by atoms with Gasteiger partial charge in [-0.05, 0) is 64.2 Å². The fraction of sp³-hybridized carbons (Fsp3) is 0.222. The Kier molecular flexibility index (Phi) is 11.3. The van der Waals surface area contributed by atoms with E-state index in [1.165, 1.54) is 12.1 Å². The van der Waals surface area contributed by atoms with Gasteiger partial charge in [-0.2, -0.15) is 0 Å². The molecule has 2 atom stereocenters. The third-order valence-corrected chi connectivity index (χ3v) is 7.59. The van der Waals surface area contributed by atoms with Crippen LogP contribution in [0.15, 0.2) is 119 Å². The molecule has 0 unspecified atom stereocenters. The molecule has 0 saturated heterocycles. The van der Waals surface area contributed by atoms with Gasteiger partial charge in [0.05, 0.1) is 13.2 Å². The molecule has 5 rings (SSSR count). The van der Waals surface area contributed by atoms with Crippen molar-refractivity contribution in [1.82, 2.24) is 10.9 Å². The molecule has 0 bridgehead atoms. The van der Waals surface area contributed by atoms with Crippen molar-refractivity contribution in [2.75, 3.05) is 13.2 Å².